The van der Waals surface area contributed by atoms with Gasteiger partial charge in [0.15, 0.2) is 0 Å². The number of nitrogens with one attached hydrogen (secondary N) is 1. The highest BCUT2D eigenvalue weighted by atomic mass is 16.5. The van der Waals surface area contributed by atoms with Crippen molar-refractivity contribution in [2.24, 2.45) is 17.6 Å². The minimum absolute atomic E-state index is 0.0111. The lowest BCUT2D eigenvalue weighted by Gasteiger charge is -2.45. The van der Waals surface area contributed by atoms with Gasteiger partial charge in [0, 0.05) is 23.7 Å². The molecule has 0 radical (unpaired) electrons. The number of carbonyl (C=O) groups excluding carboxylic acids is 1. The van der Waals surface area contributed by atoms with Crippen LogP contribution in [0.25, 0.3) is 11.1 Å². The second-order valence-electron chi connectivity index (χ2n) is 8.50. The van der Waals surface area contributed by atoms with Crippen molar-refractivity contribution in [3.05, 3.63) is 23.0 Å². The number of nitrogens with two attached hydrogens (primary N) is 1. The lowest BCUT2D eigenvalue weighted by Crippen LogP contribution is -2.53. The Balaban J connectivity index is 1.47. The first-order valence-corrected chi connectivity index (χ1v) is 9.93. The summed E-state index contributed by atoms with van der Waals surface area (Å²) in [5, 5.41) is 8.16. The van der Waals surface area contributed by atoms with Crippen molar-refractivity contribution in [2.45, 2.75) is 69.9 Å². The molecule has 0 saturated heterocycles. The predicted molar refractivity (Wildman–Crippen MR) is 97.8 cm³/mol. The maximum absolute atomic E-state index is 13.2. The Labute approximate surface area is 152 Å². The zero-order valence-corrected chi connectivity index (χ0v) is 15.2. The summed E-state index contributed by atoms with van der Waals surface area (Å²) in [6.45, 7) is 1.87. The van der Waals surface area contributed by atoms with Gasteiger partial charge in [0.2, 0.25) is 0 Å². The Kier molecular flexibility index (Phi) is 3.78. The molecule has 0 aromatic carbocycles. The van der Waals surface area contributed by atoms with Crippen LogP contribution in [0.2, 0.25) is 0 Å². The van der Waals surface area contributed by atoms with Crippen LogP contribution >= 0.6 is 0 Å². The van der Waals surface area contributed by atoms with Crippen LogP contribution in [-0.2, 0) is 0 Å². The second kappa shape index (κ2) is 6.05. The Bertz CT molecular complexity index is 843. The van der Waals surface area contributed by atoms with Crippen molar-refractivity contribution < 1.29 is 9.32 Å². The average Bonchev–Trinajstić information content (AvgIpc) is 3.39. The van der Waals surface area contributed by atoms with Gasteiger partial charge in [-0.15, -0.1) is 0 Å². The van der Waals surface area contributed by atoms with Crippen LogP contribution in [0, 0.1) is 18.8 Å². The quantitative estimate of drug-likeness (QED) is 0.883. The first-order chi connectivity index (χ1) is 12.6. The number of aryl methyl sites for hydroxylation is 1. The Morgan fingerprint density at radius 1 is 1.23 bits per heavy atom. The number of hydrogen-bond acceptors (Lipinski definition) is 5. The number of carbonyl (C=O) groups is 1. The van der Waals surface area contributed by atoms with E-state index in [1.165, 1.54) is 19.3 Å². The molecule has 2 bridgehead atoms. The summed E-state index contributed by atoms with van der Waals surface area (Å²) >= 11 is 0. The highest BCUT2D eigenvalue weighted by Gasteiger charge is 2.40. The third kappa shape index (κ3) is 2.71. The van der Waals surface area contributed by atoms with Crippen molar-refractivity contribution in [1.82, 2.24) is 15.5 Å². The molecule has 6 heteroatoms. The molecule has 3 N–H and O–H groups in total. The van der Waals surface area contributed by atoms with E-state index in [1.807, 2.05) is 13.0 Å². The van der Waals surface area contributed by atoms with Crippen molar-refractivity contribution in [3.8, 4) is 0 Å². The number of nitrogens with zero attached hydrogens (tertiary/aromatic N) is 2. The Morgan fingerprint density at radius 3 is 2.65 bits per heavy atom. The second-order valence-corrected chi connectivity index (χ2v) is 8.50. The molecular weight excluding hydrogens is 328 g/mol. The summed E-state index contributed by atoms with van der Waals surface area (Å²) in [6, 6.07) is 2.49. The molecule has 0 aliphatic heterocycles. The lowest BCUT2D eigenvalue weighted by atomic mass is 9.67. The van der Waals surface area contributed by atoms with E-state index < -0.39 is 0 Å². The van der Waals surface area contributed by atoms with Gasteiger partial charge in [-0.2, -0.15) is 0 Å². The van der Waals surface area contributed by atoms with Crippen LogP contribution in [0.3, 0.4) is 0 Å². The van der Waals surface area contributed by atoms with E-state index in [-0.39, 0.29) is 18.0 Å². The van der Waals surface area contributed by atoms with Crippen LogP contribution in [0.15, 0.2) is 10.6 Å². The van der Waals surface area contributed by atoms with Crippen LogP contribution in [0.4, 0.5) is 0 Å². The summed E-state index contributed by atoms with van der Waals surface area (Å²) < 4.78 is 5.38. The number of hydrogen-bond donors (Lipinski definition) is 2. The SMILES string of the molecule is Cc1noc2nc(C3CC3)cc(C(=O)NC3C4CCCC3CC(N)C4)c12. The molecule has 3 fully saturated rings. The van der Waals surface area contributed by atoms with Gasteiger partial charge in [-0.3, -0.25) is 4.79 Å². The predicted octanol–water partition coefficient (Wildman–Crippen LogP) is 3.04. The maximum atomic E-state index is 13.2. The molecule has 138 valence electrons. The summed E-state index contributed by atoms with van der Waals surface area (Å²) in [5.74, 6) is 1.46. The van der Waals surface area contributed by atoms with Crippen molar-refractivity contribution in [3.63, 3.8) is 0 Å². The Hall–Kier alpha value is -1.95. The number of fused-ring (bicyclic) bond motifs is 3. The number of pyridine rings is 1. The molecule has 26 heavy (non-hydrogen) atoms. The van der Waals surface area contributed by atoms with Gasteiger partial charge >= 0.3 is 0 Å². The number of aromatic nitrogens is 2. The standard InChI is InChI=1S/C20H26N4O2/c1-10-17-15(9-16(11-5-6-11)22-20(17)26-24-10)19(25)23-18-12-3-2-4-13(18)8-14(21)7-12/h9,11-14,18H,2-8,21H2,1H3,(H,23,25). The molecule has 3 aliphatic carbocycles. The van der Waals surface area contributed by atoms with Crippen LogP contribution in [0.5, 0.6) is 0 Å². The molecule has 6 nitrogen and oxygen atoms in total. The van der Waals surface area contributed by atoms with E-state index in [0.717, 1.165) is 42.5 Å². The van der Waals surface area contributed by atoms with E-state index in [9.17, 15) is 4.79 Å². The van der Waals surface area contributed by atoms with E-state index in [1.54, 1.807) is 0 Å². The maximum Gasteiger partial charge on any atom is 0.259 e. The molecule has 0 spiro atoms. The van der Waals surface area contributed by atoms with Gasteiger partial charge in [-0.1, -0.05) is 11.6 Å². The monoisotopic (exact) mass is 354 g/mol. The van der Waals surface area contributed by atoms with E-state index in [4.69, 9.17) is 10.3 Å². The van der Waals surface area contributed by atoms with Crippen LogP contribution in [0.1, 0.15) is 72.6 Å². The summed E-state index contributed by atoms with van der Waals surface area (Å²) in [7, 11) is 0. The minimum Gasteiger partial charge on any atom is -0.349 e. The first kappa shape index (κ1) is 16.2. The zero-order valence-electron chi connectivity index (χ0n) is 15.2. The molecule has 2 aromatic rings. The molecule has 3 aliphatic rings. The van der Waals surface area contributed by atoms with Gasteiger partial charge in [0.1, 0.15) is 0 Å². The van der Waals surface area contributed by atoms with E-state index in [0.29, 0.717) is 29.0 Å². The van der Waals surface area contributed by atoms with Crippen LogP contribution < -0.4 is 11.1 Å². The largest absolute Gasteiger partial charge is 0.349 e. The van der Waals surface area contributed by atoms with E-state index in [2.05, 4.69) is 15.5 Å². The molecule has 2 aromatic heterocycles. The molecular formula is C20H26N4O2. The fourth-order valence-electron chi connectivity index (χ4n) is 5.14. The molecule has 3 saturated carbocycles. The fraction of sp³-hybridized carbons (Fsp3) is 0.650. The first-order valence-electron chi connectivity index (χ1n) is 9.93. The fourth-order valence-corrected chi connectivity index (χ4v) is 5.14. The third-order valence-corrected chi connectivity index (χ3v) is 6.55. The lowest BCUT2D eigenvalue weighted by molar-refractivity contribution is 0.0757. The molecule has 1 amide bonds. The normalized spacial score (nSPS) is 31.2. The zero-order chi connectivity index (χ0) is 17.8. The molecule has 2 unspecified atom stereocenters. The molecule has 5 rings (SSSR count). The summed E-state index contributed by atoms with van der Waals surface area (Å²) in [5.41, 5.74) is 9.08. The van der Waals surface area contributed by atoms with Crippen molar-refractivity contribution in [2.75, 3.05) is 0 Å². The molecule has 2 heterocycles. The minimum atomic E-state index is -0.0111. The summed E-state index contributed by atoms with van der Waals surface area (Å²) in [6.07, 6.45) is 7.90. The van der Waals surface area contributed by atoms with Gasteiger partial charge in [0.05, 0.1) is 16.6 Å². The summed E-state index contributed by atoms with van der Waals surface area (Å²) in [4.78, 5) is 17.8. The van der Waals surface area contributed by atoms with Gasteiger partial charge in [0.25, 0.3) is 11.6 Å². The van der Waals surface area contributed by atoms with Gasteiger partial charge < -0.3 is 15.6 Å². The van der Waals surface area contributed by atoms with Gasteiger partial charge in [-0.05, 0) is 63.4 Å². The van der Waals surface area contributed by atoms with Crippen molar-refractivity contribution >= 4 is 17.0 Å². The Morgan fingerprint density at radius 2 is 1.96 bits per heavy atom. The average molecular weight is 354 g/mol. The molecule has 2 atom stereocenters. The highest BCUT2D eigenvalue weighted by molar-refractivity contribution is 6.06. The van der Waals surface area contributed by atoms with Gasteiger partial charge in [-0.25, -0.2) is 4.98 Å². The van der Waals surface area contributed by atoms with E-state index >= 15 is 0 Å². The van der Waals surface area contributed by atoms with Crippen LogP contribution in [-0.4, -0.2) is 28.1 Å². The van der Waals surface area contributed by atoms with Crippen molar-refractivity contribution in [1.29, 1.82) is 0 Å². The number of rotatable bonds is 3. The topological polar surface area (TPSA) is 94.0 Å². The smallest absolute Gasteiger partial charge is 0.259 e. The highest BCUT2D eigenvalue weighted by Crippen LogP contribution is 2.42. The third-order valence-electron chi connectivity index (χ3n) is 6.55. The number of amides is 1.